The highest BCUT2D eigenvalue weighted by Gasteiger charge is 2.42. The van der Waals surface area contributed by atoms with E-state index in [0.29, 0.717) is 19.1 Å². The lowest BCUT2D eigenvalue weighted by Gasteiger charge is -2.38. The van der Waals surface area contributed by atoms with Crippen molar-refractivity contribution in [2.45, 2.75) is 24.2 Å². The predicted octanol–water partition coefficient (Wildman–Crippen LogP) is 0.479. The van der Waals surface area contributed by atoms with Gasteiger partial charge in [-0.15, -0.1) is 0 Å². The maximum Gasteiger partial charge on any atom is 0.119 e. The molecule has 0 spiro atoms. The number of aliphatic hydroxyl groups excluding tert-OH is 1. The summed E-state index contributed by atoms with van der Waals surface area (Å²) >= 11 is 0. The van der Waals surface area contributed by atoms with Crippen LogP contribution in [0.15, 0.2) is 6.20 Å². The molecule has 1 aromatic rings. The first kappa shape index (κ1) is 12.1. The van der Waals surface area contributed by atoms with E-state index in [4.69, 9.17) is 4.74 Å². The van der Waals surface area contributed by atoms with Crippen LogP contribution >= 0.6 is 0 Å². The SMILES string of the molecule is CN1CCC(c2cnc(C3(CO)COC3)[nH]2)CC1. The smallest absolute Gasteiger partial charge is 0.119 e. The maximum absolute atomic E-state index is 9.50. The molecule has 18 heavy (non-hydrogen) atoms. The Morgan fingerprint density at radius 1 is 1.50 bits per heavy atom. The summed E-state index contributed by atoms with van der Waals surface area (Å²) in [5.74, 6) is 1.48. The quantitative estimate of drug-likeness (QED) is 0.820. The number of aromatic nitrogens is 2. The van der Waals surface area contributed by atoms with Gasteiger partial charge in [-0.1, -0.05) is 0 Å². The van der Waals surface area contributed by atoms with Crippen molar-refractivity contribution >= 4 is 0 Å². The minimum absolute atomic E-state index is 0.105. The first-order valence-corrected chi connectivity index (χ1v) is 6.66. The standard InChI is InChI=1S/C13H21N3O2/c1-16-4-2-10(3-5-16)11-6-14-12(15-11)13(7-17)8-18-9-13/h6,10,17H,2-5,7-9H2,1H3,(H,14,15). The molecule has 0 bridgehead atoms. The fraction of sp³-hybridized carbons (Fsp3) is 0.769. The van der Waals surface area contributed by atoms with Gasteiger partial charge in [-0.2, -0.15) is 0 Å². The molecule has 2 aliphatic rings. The van der Waals surface area contributed by atoms with E-state index < -0.39 is 0 Å². The molecule has 0 atom stereocenters. The summed E-state index contributed by atoms with van der Waals surface area (Å²) in [5, 5.41) is 9.50. The van der Waals surface area contributed by atoms with Gasteiger partial charge in [0.15, 0.2) is 0 Å². The molecule has 5 heteroatoms. The molecule has 3 rings (SSSR count). The number of H-pyrrole nitrogens is 1. The zero-order chi connectivity index (χ0) is 12.6. The molecule has 0 unspecified atom stereocenters. The average molecular weight is 251 g/mol. The number of nitrogens with one attached hydrogen (secondary N) is 1. The molecule has 3 heterocycles. The lowest BCUT2D eigenvalue weighted by Crippen LogP contribution is -2.50. The Kier molecular flexibility index (Phi) is 3.13. The number of likely N-dealkylation sites (tertiary alicyclic amines) is 1. The zero-order valence-corrected chi connectivity index (χ0v) is 10.9. The number of piperidine rings is 1. The second-order valence-electron chi connectivity index (χ2n) is 5.70. The number of hydrogen-bond acceptors (Lipinski definition) is 4. The minimum atomic E-state index is -0.274. The monoisotopic (exact) mass is 251 g/mol. The van der Waals surface area contributed by atoms with Gasteiger partial charge in [0.05, 0.1) is 25.2 Å². The van der Waals surface area contributed by atoms with Crippen LogP contribution in [-0.4, -0.2) is 59.9 Å². The predicted molar refractivity (Wildman–Crippen MR) is 67.6 cm³/mol. The third-order valence-corrected chi connectivity index (χ3v) is 4.32. The maximum atomic E-state index is 9.50. The highest BCUT2D eigenvalue weighted by molar-refractivity contribution is 5.18. The number of aromatic amines is 1. The first-order chi connectivity index (χ1) is 8.73. The molecule has 0 radical (unpaired) electrons. The molecule has 0 aliphatic carbocycles. The molecular formula is C13H21N3O2. The second kappa shape index (κ2) is 4.64. The molecule has 2 N–H and O–H groups in total. The van der Waals surface area contributed by atoms with E-state index in [2.05, 4.69) is 21.9 Å². The summed E-state index contributed by atoms with van der Waals surface area (Å²) in [6, 6.07) is 0. The number of hydrogen-bond donors (Lipinski definition) is 2. The summed E-state index contributed by atoms with van der Waals surface area (Å²) in [5.41, 5.74) is 0.946. The normalized spacial score (nSPS) is 25.0. The van der Waals surface area contributed by atoms with E-state index in [0.717, 1.165) is 18.9 Å². The van der Waals surface area contributed by atoms with Crippen LogP contribution in [0.2, 0.25) is 0 Å². The number of ether oxygens (including phenoxy) is 1. The van der Waals surface area contributed by atoms with Crippen LogP contribution in [0, 0.1) is 0 Å². The van der Waals surface area contributed by atoms with E-state index in [1.165, 1.54) is 18.5 Å². The Bertz CT molecular complexity index is 401. The number of nitrogens with zero attached hydrogens (tertiary/aromatic N) is 2. The van der Waals surface area contributed by atoms with Gasteiger partial charge in [0.1, 0.15) is 5.82 Å². The molecule has 2 fully saturated rings. The molecule has 0 amide bonds. The lowest BCUT2D eigenvalue weighted by atomic mass is 9.86. The minimum Gasteiger partial charge on any atom is -0.395 e. The van der Waals surface area contributed by atoms with Crippen molar-refractivity contribution in [3.05, 3.63) is 17.7 Å². The molecule has 5 nitrogen and oxygen atoms in total. The summed E-state index contributed by atoms with van der Waals surface area (Å²) in [6.07, 6.45) is 4.31. The highest BCUT2D eigenvalue weighted by Crippen LogP contribution is 2.32. The molecule has 2 saturated heterocycles. The van der Waals surface area contributed by atoms with Gasteiger partial charge >= 0.3 is 0 Å². The fourth-order valence-corrected chi connectivity index (χ4v) is 2.78. The van der Waals surface area contributed by atoms with Crippen molar-refractivity contribution in [1.29, 1.82) is 0 Å². The van der Waals surface area contributed by atoms with Gasteiger partial charge in [0.25, 0.3) is 0 Å². The largest absolute Gasteiger partial charge is 0.395 e. The molecule has 2 aliphatic heterocycles. The fourth-order valence-electron chi connectivity index (χ4n) is 2.78. The van der Waals surface area contributed by atoms with Crippen LogP contribution in [0.5, 0.6) is 0 Å². The van der Waals surface area contributed by atoms with Crippen molar-refractivity contribution in [3.8, 4) is 0 Å². The van der Waals surface area contributed by atoms with Crippen molar-refractivity contribution < 1.29 is 9.84 Å². The van der Waals surface area contributed by atoms with Crippen LogP contribution in [0.4, 0.5) is 0 Å². The third kappa shape index (κ3) is 1.96. The van der Waals surface area contributed by atoms with E-state index in [9.17, 15) is 5.11 Å². The van der Waals surface area contributed by atoms with Crippen molar-refractivity contribution in [2.75, 3.05) is 40.0 Å². The third-order valence-electron chi connectivity index (χ3n) is 4.32. The second-order valence-corrected chi connectivity index (χ2v) is 5.70. The highest BCUT2D eigenvalue weighted by atomic mass is 16.5. The average Bonchev–Trinajstić information content (AvgIpc) is 2.79. The summed E-state index contributed by atoms with van der Waals surface area (Å²) in [7, 11) is 2.17. The molecule has 1 aromatic heterocycles. The Balaban J connectivity index is 1.73. The van der Waals surface area contributed by atoms with Crippen molar-refractivity contribution in [3.63, 3.8) is 0 Å². The van der Waals surface area contributed by atoms with Gasteiger partial charge in [0, 0.05) is 17.8 Å². The molecule has 0 saturated carbocycles. The van der Waals surface area contributed by atoms with Gasteiger partial charge in [-0.25, -0.2) is 4.98 Å². The number of imidazole rings is 1. The van der Waals surface area contributed by atoms with Gasteiger partial charge in [0.2, 0.25) is 0 Å². The van der Waals surface area contributed by atoms with E-state index in [1.807, 2.05) is 6.20 Å². The topological polar surface area (TPSA) is 61.4 Å². The Morgan fingerprint density at radius 3 is 2.78 bits per heavy atom. The van der Waals surface area contributed by atoms with Crippen molar-refractivity contribution in [2.24, 2.45) is 0 Å². The molecule has 100 valence electrons. The van der Waals surface area contributed by atoms with Crippen LogP contribution in [-0.2, 0) is 10.2 Å². The van der Waals surface area contributed by atoms with Crippen LogP contribution in [0.25, 0.3) is 0 Å². The van der Waals surface area contributed by atoms with E-state index >= 15 is 0 Å². The van der Waals surface area contributed by atoms with Crippen molar-refractivity contribution in [1.82, 2.24) is 14.9 Å². The Labute approximate surface area is 107 Å². The zero-order valence-electron chi connectivity index (χ0n) is 10.9. The Morgan fingerprint density at radius 2 is 2.22 bits per heavy atom. The van der Waals surface area contributed by atoms with Crippen LogP contribution in [0.1, 0.15) is 30.3 Å². The summed E-state index contributed by atoms with van der Waals surface area (Å²) in [4.78, 5) is 10.3. The van der Waals surface area contributed by atoms with Gasteiger partial charge in [-0.3, -0.25) is 0 Å². The van der Waals surface area contributed by atoms with E-state index in [1.54, 1.807) is 0 Å². The van der Waals surface area contributed by atoms with Gasteiger partial charge in [-0.05, 0) is 33.0 Å². The van der Waals surface area contributed by atoms with Crippen LogP contribution < -0.4 is 0 Å². The molecular weight excluding hydrogens is 230 g/mol. The first-order valence-electron chi connectivity index (χ1n) is 6.66. The number of rotatable bonds is 3. The summed E-state index contributed by atoms with van der Waals surface area (Å²) in [6.45, 7) is 3.54. The summed E-state index contributed by atoms with van der Waals surface area (Å²) < 4.78 is 5.23. The van der Waals surface area contributed by atoms with Crippen LogP contribution in [0.3, 0.4) is 0 Å². The number of aliphatic hydroxyl groups is 1. The van der Waals surface area contributed by atoms with Gasteiger partial charge < -0.3 is 19.7 Å². The lowest BCUT2D eigenvalue weighted by molar-refractivity contribution is -0.0881. The molecule has 0 aromatic carbocycles. The Hall–Kier alpha value is -0.910. The van der Waals surface area contributed by atoms with E-state index in [-0.39, 0.29) is 12.0 Å².